The van der Waals surface area contributed by atoms with Crippen molar-refractivity contribution in [3.05, 3.63) is 22.6 Å². The van der Waals surface area contributed by atoms with Crippen LogP contribution in [-0.4, -0.2) is 44.4 Å². The van der Waals surface area contributed by atoms with Gasteiger partial charge in [0, 0.05) is 6.42 Å². The number of nitrogens with zero attached hydrogens (tertiary/aromatic N) is 4. The summed E-state index contributed by atoms with van der Waals surface area (Å²) in [5.41, 5.74) is 6.17. The minimum absolute atomic E-state index is 0.111. The van der Waals surface area contributed by atoms with Crippen LogP contribution in [0.2, 0.25) is 0 Å². The lowest BCUT2D eigenvalue weighted by Crippen LogP contribution is -2.45. The maximum atomic E-state index is 14.2. The summed E-state index contributed by atoms with van der Waals surface area (Å²) in [5.74, 6) is 0.0975. The average molecular weight is 370 g/mol. The highest BCUT2D eigenvalue weighted by atomic mass is 79.9. The minimum atomic E-state index is -0.573. The van der Waals surface area contributed by atoms with Gasteiger partial charge in [-0.2, -0.15) is 4.39 Å². The second-order valence-electron chi connectivity index (χ2n) is 5.47. The van der Waals surface area contributed by atoms with Gasteiger partial charge in [0.2, 0.25) is 11.9 Å². The molecule has 2 fully saturated rings. The summed E-state index contributed by atoms with van der Waals surface area (Å²) in [5, 5.41) is 0. The van der Waals surface area contributed by atoms with Crippen LogP contribution in [0.4, 0.5) is 10.2 Å². The summed E-state index contributed by atoms with van der Waals surface area (Å²) in [7, 11) is 0. The molecule has 2 aliphatic rings. The SMILES string of the molecule is Nc1ncc(F)n2c([C@H]3CN4C(=O)CC[C@@H]4CO3)nc(Br)c12. The van der Waals surface area contributed by atoms with Crippen LogP contribution in [-0.2, 0) is 9.53 Å². The van der Waals surface area contributed by atoms with E-state index in [2.05, 4.69) is 25.9 Å². The van der Waals surface area contributed by atoms with E-state index in [4.69, 9.17) is 10.5 Å². The zero-order chi connectivity index (χ0) is 15.4. The molecule has 0 bridgehead atoms. The van der Waals surface area contributed by atoms with E-state index in [0.717, 1.165) is 12.6 Å². The molecule has 2 aromatic heterocycles. The van der Waals surface area contributed by atoms with E-state index in [1.54, 1.807) is 4.90 Å². The molecule has 1 amide bonds. The number of nitrogens with two attached hydrogens (primary N) is 1. The number of hydrogen-bond acceptors (Lipinski definition) is 5. The maximum absolute atomic E-state index is 14.2. The molecule has 7 nitrogen and oxygen atoms in total. The first-order chi connectivity index (χ1) is 10.6. The van der Waals surface area contributed by atoms with E-state index in [9.17, 15) is 9.18 Å². The second-order valence-corrected chi connectivity index (χ2v) is 6.22. The Morgan fingerprint density at radius 2 is 2.32 bits per heavy atom. The zero-order valence-electron chi connectivity index (χ0n) is 11.5. The Morgan fingerprint density at radius 3 is 3.14 bits per heavy atom. The van der Waals surface area contributed by atoms with Crippen molar-refractivity contribution >= 4 is 33.2 Å². The van der Waals surface area contributed by atoms with Crippen molar-refractivity contribution in [2.45, 2.75) is 25.0 Å². The predicted molar refractivity (Wildman–Crippen MR) is 78.5 cm³/mol. The first kappa shape index (κ1) is 13.9. The van der Waals surface area contributed by atoms with E-state index >= 15 is 0 Å². The fourth-order valence-corrected chi connectivity index (χ4v) is 3.70. The minimum Gasteiger partial charge on any atom is -0.382 e. The highest BCUT2D eigenvalue weighted by Crippen LogP contribution is 2.33. The Labute approximate surface area is 133 Å². The molecule has 2 aromatic rings. The van der Waals surface area contributed by atoms with Gasteiger partial charge in [-0.05, 0) is 22.4 Å². The third-order valence-corrected chi connectivity index (χ3v) is 4.77. The van der Waals surface area contributed by atoms with E-state index < -0.39 is 12.1 Å². The Bertz CT molecular complexity index is 779. The molecule has 2 saturated heterocycles. The summed E-state index contributed by atoms with van der Waals surface area (Å²) in [6.45, 7) is 0.807. The quantitative estimate of drug-likeness (QED) is 0.817. The highest BCUT2D eigenvalue weighted by molar-refractivity contribution is 9.10. The number of carbonyl (C=O) groups is 1. The normalized spacial score (nSPS) is 25.0. The lowest BCUT2D eigenvalue weighted by atomic mass is 10.2. The molecular weight excluding hydrogens is 357 g/mol. The van der Waals surface area contributed by atoms with Crippen LogP contribution in [0.15, 0.2) is 10.8 Å². The maximum Gasteiger partial charge on any atom is 0.223 e. The van der Waals surface area contributed by atoms with E-state index in [-0.39, 0.29) is 17.8 Å². The molecule has 0 radical (unpaired) electrons. The number of rotatable bonds is 1. The van der Waals surface area contributed by atoms with Gasteiger partial charge < -0.3 is 15.4 Å². The molecule has 9 heteroatoms. The van der Waals surface area contributed by atoms with E-state index in [1.807, 2.05) is 0 Å². The summed E-state index contributed by atoms with van der Waals surface area (Å²) >= 11 is 3.28. The zero-order valence-corrected chi connectivity index (χ0v) is 13.1. The summed E-state index contributed by atoms with van der Waals surface area (Å²) in [6.07, 6.45) is 1.90. The Hall–Kier alpha value is -1.74. The number of imidazole rings is 1. The fraction of sp³-hybridized carbons (Fsp3) is 0.462. The smallest absolute Gasteiger partial charge is 0.223 e. The number of aromatic nitrogens is 3. The highest BCUT2D eigenvalue weighted by Gasteiger charge is 2.39. The topological polar surface area (TPSA) is 85.8 Å². The van der Waals surface area contributed by atoms with Crippen LogP contribution in [0.3, 0.4) is 0 Å². The number of anilines is 1. The molecule has 116 valence electrons. The van der Waals surface area contributed by atoms with E-state index in [0.29, 0.717) is 35.5 Å². The van der Waals surface area contributed by atoms with Gasteiger partial charge in [-0.25, -0.2) is 9.97 Å². The first-order valence-corrected chi connectivity index (χ1v) is 7.74. The molecule has 22 heavy (non-hydrogen) atoms. The molecular formula is C13H13BrFN5O2. The Balaban J connectivity index is 1.79. The van der Waals surface area contributed by atoms with Gasteiger partial charge in [0.05, 0.1) is 25.4 Å². The van der Waals surface area contributed by atoms with E-state index in [1.165, 1.54) is 4.40 Å². The molecule has 2 N–H and O–H groups in total. The number of halogens is 2. The van der Waals surface area contributed by atoms with Gasteiger partial charge >= 0.3 is 0 Å². The number of carbonyl (C=O) groups excluding carboxylic acids is 1. The van der Waals surface area contributed by atoms with Crippen LogP contribution in [0, 0.1) is 5.95 Å². The number of hydrogen-bond donors (Lipinski definition) is 1. The second kappa shape index (κ2) is 4.88. The van der Waals surface area contributed by atoms with Crippen LogP contribution in [0.1, 0.15) is 24.8 Å². The number of morpholine rings is 1. The molecule has 2 atom stereocenters. The largest absolute Gasteiger partial charge is 0.382 e. The molecule has 0 aromatic carbocycles. The van der Waals surface area contributed by atoms with Crippen LogP contribution in [0.5, 0.6) is 0 Å². The van der Waals surface area contributed by atoms with Crippen molar-refractivity contribution in [2.24, 2.45) is 0 Å². The van der Waals surface area contributed by atoms with Gasteiger partial charge in [0.15, 0.2) is 5.82 Å². The summed E-state index contributed by atoms with van der Waals surface area (Å²) in [4.78, 5) is 21.8. The van der Waals surface area contributed by atoms with Gasteiger partial charge in [0.1, 0.15) is 22.0 Å². The van der Waals surface area contributed by atoms with Crippen LogP contribution < -0.4 is 5.73 Å². The monoisotopic (exact) mass is 369 g/mol. The third kappa shape index (κ3) is 1.92. The number of nitrogen functional groups attached to an aromatic ring is 1. The van der Waals surface area contributed by atoms with Crippen LogP contribution in [0.25, 0.3) is 5.52 Å². The van der Waals surface area contributed by atoms with Crippen molar-refractivity contribution in [3.63, 3.8) is 0 Å². The number of ether oxygens (including phenoxy) is 1. The van der Waals surface area contributed by atoms with Crippen molar-refractivity contribution in [1.82, 2.24) is 19.3 Å². The predicted octanol–water partition coefficient (Wildman–Crippen LogP) is 1.28. The summed E-state index contributed by atoms with van der Waals surface area (Å²) in [6, 6.07) is 0.120. The van der Waals surface area contributed by atoms with Gasteiger partial charge in [-0.3, -0.25) is 9.20 Å². The van der Waals surface area contributed by atoms with Gasteiger partial charge in [-0.15, -0.1) is 0 Å². The third-order valence-electron chi connectivity index (χ3n) is 4.22. The molecule has 0 unspecified atom stereocenters. The lowest BCUT2D eigenvalue weighted by molar-refractivity contribution is -0.138. The molecule has 0 spiro atoms. The number of fused-ring (bicyclic) bond motifs is 2. The van der Waals surface area contributed by atoms with Crippen molar-refractivity contribution in [1.29, 1.82) is 0 Å². The van der Waals surface area contributed by atoms with Crippen molar-refractivity contribution in [3.8, 4) is 0 Å². The van der Waals surface area contributed by atoms with Gasteiger partial charge in [-0.1, -0.05) is 0 Å². The van der Waals surface area contributed by atoms with Crippen LogP contribution >= 0.6 is 15.9 Å². The first-order valence-electron chi connectivity index (χ1n) is 6.95. The van der Waals surface area contributed by atoms with Gasteiger partial charge in [0.25, 0.3) is 0 Å². The Morgan fingerprint density at radius 1 is 1.50 bits per heavy atom. The summed E-state index contributed by atoms with van der Waals surface area (Å²) < 4.78 is 21.7. The fourth-order valence-electron chi connectivity index (χ4n) is 3.14. The van der Waals surface area contributed by atoms with Crippen molar-refractivity contribution in [2.75, 3.05) is 18.9 Å². The standard InChI is InChI=1S/C13H13BrFN5O2/c14-11-10-12(16)17-3-8(15)20(10)13(18-11)7-4-19-6(5-22-7)1-2-9(19)21/h3,6-7H,1-2,4-5H2,(H2,16,17)/t6-,7-/m1/s1. The average Bonchev–Trinajstić information content (AvgIpc) is 3.05. The molecule has 0 aliphatic carbocycles. The molecule has 4 heterocycles. The van der Waals surface area contributed by atoms with Crippen molar-refractivity contribution < 1.29 is 13.9 Å². The lowest BCUT2D eigenvalue weighted by Gasteiger charge is -2.34. The molecule has 2 aliphatic heterocycles. The molecule has 4 rings (SSSR count). The Kier molecular flexibility index (Phi) is 3.08. The number of amides is 1. The molecule has 0 saturated carbocycles.